The van der Waals surface area contributed by atoms with Gasteiger partial charge in [-0.3, -0.25) is 0 Å². The first-order valence-electron chi connectivity index (χ1n) is 5.72. The third kappa shape index (κ3) is 2.27. The van der Waals surface area contributed by atoms with Gasteiger partial charge in [0, 0.05) is 25.8 Å². The predicted octanol–water partition coefficient (Wildman–Crippen LogP) is 1.32. The minimum atomic E-state index is 0.510. The van der Waals surface area contributed by atoms with Crippen LogP contribution in [0.25, 0.3) is 0 Å². The van der Waals surface area contributed by atoms with Gasteiger partial charge in [0.1, 0.15) is 0 Å². The lowest BCUT2D eigenvalue weighted by Crippen LogP contribution is -2.54. The van der Waals surface area contributed by atoms with Crippen LogP contribution < -0.4 is 5.32 Å². The first-order chi connectivity index (χ1) is 6.81. The molecule has 0 bridgehead atoms. The lowest BCUT2D eigenvalue weighted by molar-refractivity contribution is -0.0298. The Morgan fingerprint density at radius 3 is 2.14 bits per heavy atom. The van der Waals surface area contributed by atoms with E-state index in [1.807, 2.05) is 0 Å². The monoisotopic (exact) mass is 199 g/mol. The summed E-state index contributed by atoms with van der Waals surface area (Å²) in [5, 5.41) is 3.65. The predicted molar refractivity (Wildman–Crippen MR) is 55.4 cm³/mol. The molecule has 2 aliphatic carbocycles. The van der Waals surface area contributed by atoms with Crippen molar-refractivity contribution in [3.63, 3.8) is 0 Å². The normalized spacial score (nSPS) is 41.6. The zero-order valence-corrected chi connectivity index (χ0v) is 9.16. The zero-order chi connectivity index (χ0) is 9.97. The molecule has 0 radical (unpaired) electrons. The summed E-state index contributed by atoms with van der Waals surface area (Å²) in [6.45, 7) is 2.92. The van der Waals surface area contributed by atoms with Crippen molar-refractivity contribution in [2.24, 2.45) is 0 Å². The molecule has 0 unspecified atom stereocenters. The van der Waals surface area contributed by atoms with E-state index in [-0.39, 0.29) is 0 Å². The van der Waals surface area contributed by atoms with E-state index < -0.39 is 0 Å². The summed E-state index contributed by atoms with van der Waals surface area (Å²) in [5.41, 5.74) is 0. The van der Waals surface area contributed by atoms with Crippen molar-refractivity contribution in [1.82, 2.24) is 5.32 Å². The second-order valence-electron chi connectivity index (χ2n) is 4.44. The van der Waals surface area contributed by atoms with Gasteiger partial charge in [0.05, 0.1) is 12.2 Å². The molecule has 0 spiro atoms. The Kier molecular flexibility index (Phi) is 3.42. The average Bonchev–Trinajstić information content (AvgIpc) is 2.05. The number of hydrogen-bond donors (Lipinski definition) is 1. The summed E-state index contributed by atoms with van der Waals surface area (Å²) >= 11 is 0. The van der Waals surface area contributed by atoms with Crippen LogP contribution >= 0.6 is 0 Å². The van der Waals surface area contributed by atoms with E-state index in [1.165, 1.54) is 25.7 Å². The maximum Gasteiger partial charge on any atom is 0.0604 e. The minimum Gasteiger partial charge on any atom is -0.381 e. The van der Waals surface area contributed by atoms with Crippen molar-refractivity contribution < 1.29 is 9.47 Å². The third-order valence-electron chi connectivity index (χ3n) is 3.40. The molecule has 0 amide bonds. The van der Waals surface area contributed by atoms with E-state index in [4.69, 9.17) is 9.47 Å². The van der Waals surface area contributed by atoms with Gasteiger partial charge in [-0.05, 0) is 32.6 Å². The second-order valence-corrected chi connectivity index (χ2v) is 4.44. The molecule has 1 N–H and O–H groups in total. The Morgan fingerprint density at radius 1 is 1.07 bits per heavy atom. The van der Waals surface area contributed by atoms with E-state index in [0.717, 1.165) is 6.61 Å². The van der Waals surface area contributed by atoms with Crippen LogP contribution in [0.15, 0.2) is 0 Å². The van der Waals surface area contributed by atoms with Crippen molar-refractivity contribution in [3.8, 4) is 0 Å². The number of hydrogen-bond acceptors (Lipinski definition) is 3. The van der Waals surface area contributed by atoms with E-state index in [9.17, 15) is 0 Å². The quantitative estimate of drug-likeness (QED) is 0.724. The Balaban J connectivity index is 1.53. The molecule has 3 nitrogen and oxygen atoms in total. The number of nitrogens with one attached hydrogen (secondary N) is 1. The molecule has 14 heavy (non-hydrogen) atoms. The van der Waals surface area contributed by atoms with Gasteiger partial charge in [-0.25, -0.2) is 0 Å². The molecule has 0 aromatic carbocycles. The second kappa shape index (κ2) is 4.60. The number of methoxy groups -OCH3 is 1. The summed E-state index contributed by atoms with van der Waals surface area (Å²) in [4.78, 5) is 0. The van der Waals surface area contributed by atoms with Crippen LogP contribution in [0, 0.1) is 0 Å². The van der Waals surface area contributed by atoms with Crippen molar-refractivity contribution in [1.29, 1.82) is 0 Å². The summed E-state index contributed by atoms with van der Waals surface area (Å²) in [7, 11) is 1.80. The fourth-order valence-electron chi connectivity index (χ4n) is 2.30. The highest BCUT2D eigenvalue weighted by atomic mass is 16.5. The molecule has 2 saturated carbocycles. The first-order valence-corrected chi connectivity index (χ1v) is 5.72. The molecule has 82 valence electrons. The van der Waals surface area contributed by atoms with Crippen LogP contribution in [0.3, 0.4) is 0 Å². The van der Waals surface area contributed by atoms with Crippen LogP contribution in [-0.2, 0) is 9.47 Å². The van der Waals surface area contributed by atoms with Gasteiger partial charge in [0.2, 0.25) is 0 Å². The van der Waals surface area contributed by atoms with Gasteiger partial charge in [-0.1, -0.05) is 0 Å². The Morgan fingerprint density at radius 2 is 1.64 bits per heavy atom. The van der Waals surface area contributed by atoms with Crippen molar-refractivity contribution in [2.45, 2.75) is 56.9 Å². The maximum atomic E-state index is 5.52. The summed E-state index contributed by atoms with van der Waals surface area (Å²) in [5.74, 6) is 0. The van der Waals surface area contributed by atoms with E-state index >= 15 is 0 Å². The van der Waals surface area contributed by atoms with Crippen LogP contribution in [0.5, 0.6) is 0 Å². The van der Waals surface area contributed by atoms with Gasteiger partial charge in [-0.15, -0.1) is 0 Å². The van der Waals surface area contributed by atoms with Crippen molar-refractivity contribution >= 4 is 0 Å². The van der Waals surface area contributed by atoms with Crippen molar-refractivity contribution in [3.05, 3.63) is 0 Å². The minimum absolute atomic E-state index is 0.510. The average molecular weight is 199 g/mol. The molecule has 2 fully saturated rings. The molecule has 2 rings (SSSR count). The highest BCUT2D eigenvalue weighted by Crippen LogP contribution is 2.28. The molecule has 0 aromatic heterocycles. The topological polar surface area (TPSA) is 30.5 Å². The summed E-state index contributed by atoms with van der Waals surface area (Å²) in [6, 6.07) is 1.40. The smallest absolute Gasteiger partial charge is 0.0604 e. The fraction of sp³-hybridized carbons (Fsp3) is 1.00. The largest absolute Gasteiger partial charge is 0.381 e. The Hall–Kier alpha value is -0.120. The molecule has 0 heterocycles. The molecular formula is C11H21NO2. The van der Waals surface area contributed by atoms with E-state index in [1.54, 1.807) is 7.11 Å². The van der Waals surface area contributed by atoms with E-state index in [2.05, 4.69) is 12.2 Å². The standard InChI is InChI=1S/C11H21NO2/c1-3-14-11-6-9(7-11)12-8-4-10(5-8)13-2/h8-12H,3-7H2,1-2H3. The Labute approximate surface area is 86.2 Å². The lowest BCUT2D eigenvalue weighted by Gasteiger charge is -2.42. The van der Waals surface area contributed by atoms with Gasteiger partial charge in [0.25, 0.3) is 0 Å². The van der Waals surface area contributed by atoms with Gasteiger partial charge >= 0.3 is 0 Å². The Bertz CT molecular complexity index is 174. The third-order valence-corrected chi connectivity index (χ3v) is 3.40. The SMILES string of the molecule is CCOC1CC(NC2CC(OC)C2)C1. The van der Waals surface area contributed by atoms with Crippen LogP contribution in [0.4, 0.5) is 0 Å². The molecule has 0 saturated heterocycles. The van der Waals surface area contributed by atoms with Crippen LogP contribution in [0.1, 0.15) is 32.6 Å². The molecule has 0 atom stereocenters. The van der Waals surface area contributed by atoms with Crippen LogP contribution in [-0.4, -0.2) is 38.0 Å². The molecule has 3 heteroatoms. The van der Waals surface area contributed by atoms with E-state index in [0.29, 0.717) is 24.3 Å². The molecule has 0 aromatic rings. The first kappa shape index (κ1) is 10.4. The summed E-state index contributed by atoms with van der Waals surface area (Å²) in [6.07, 6.45) is 5.80. The number of rotatable bonds is 5. The highest BCUT2D eigenvalue weighted by molar-refractivity contribution is 4.93. The van der Waals surface area contributed by atoms with Gasteiger partial charge in [0.15, 0.2) is 0 Å². The van der Waals surface area contributed by atoms with Crippen molar-refractivity contribution in [2.75, 3.05) is 13.7 Å². The lowest BCUT2D eigenvalue weighted by atomic mass is 9.83. The maximum absolute atomic E-state index is 5.52. The molecular weight excluding hydrogens is 178 g/mol. The van der Waals surface area contributed by atoms with Gasteiger partial charge < -0.3 is 14.8 Å². The molecule has 0 aliphatic heterocycles. The molecule has 2 aliphatic rings. The zero-order valence-electron chi connectivity index (χ0n) is 9.16. The number of ether oxygens (including phenoxy) is 2. The fourth-order valence-corrected chi connectivity index (χ4v) is 2.30. The van der Waals surface area contributed by atoms with Crippen LogP contribution in [0.2, 0.25) is 0 Å². The van der Waals surface area contributed by atoms with Gasteiger partial charge in [-0.2, -0.15) is 0 Å². The summed E-state index contributed by atoms with van der Waals surface area (Å²) < 4.78 is 10.8. The highest BCUT2D eigenvalue weighted by Gasteiger charge is 2.35.